The van der Waals surface area contributed by atoms with E-state index in [4.69, 9.17) is 23.2 Å². The van der Waals surface area contributed by atoms with Gasteiger partial charge in [-0.1, -0.05) is 29.3 Å². The van der Waals surface area contributed by atoms with Crippen LogP contribution in [0.25, 0.3) is 10.9 Å². The molecule has 1 aromatic carbocycles. The molecule has 21 heavy (non-hydrogen) atoms. The highest BCUT2D eigenvalue weighted by Crippen LogP contribution is 2.34. The van der Waals surface area contributed by atoms with E-state index in [-0.39, 0.29) is 32.3 Å². The Morgan fingerprint density at radius 3 is 2.81 bits per heavy atom. The van der Waals surface area contributed by atoms with Crippen LogP contribution in [0.4, 0.5) is 0 Å². The average molecular weight is 322 g/mol. The summed E-state index contributed by atoms with van der Waals surface area (Å²) in [6.07, 6.45) is 4.67. The van der Waals surface area contributed by atoms with E-state index in [0.29, 0.717) is 6.54 Å². The lowest BCUT2D eigenvalue weighted by Gasteiger charge is -2.09. The molecule has 3 aromatic rings. The smallest absolute Gasteiger partial charge is 0.263 e. The molecule has 3 rings (SSSR count). The largest absolute Gasteiger partial charge is 0.504 e. The molecule has 0 bridgehead atoms. The van der Waals surface area contributed by atoms with E-state index in [1.54, 1.807) is 18.5 Å². The number of hydrogen-bond donors (Lipinski definition) is 1. The molecular weight excluding hydrogens is 313 g/mol. The molecule has 2 aromatic heterocycles. The van der Waals surface area contributed by atoms with Gasteiger partial charge in [0.05, 0.1) is 28.3 Å². The fourth-order valence-corrected chi connectivity index (χ4v) is 2.58. The maximum Gasteiger partial charge on any atom is 0.263 e. The number of halogens is 2. The van der Waals surface area contributed by atoms with Crippen LogP contribution in [0.2, 0.25) is 10.0 Å². The molecule has 0 atom stereocenters. The molecule has 7 heteroatoms. The van der Waals surface area contributed by atoms with Crippen molar-refractivity contribution in [2.45, 2.75) is 6.54 Å². The van der Waals surface area contributed by atoms with E-state index in [1.165, 1.54) is 17.0 Å². The maximum atomic E-state index is 12.5. The highest BCUT2D eigenvalue weighted by atomic mass is 35.5. The average Bonchev–Trinajstić information content (AvgIpc) is 2.48. The number of hydrogen-bond acceptors (Lipinski definition) is 4. The standard InChI is InChI=1S/C14H9Cl2N3O2/c15-9-4-10(16)13(20)12-11(9)14(21)19(7-18-12)6-8-2-1-3-17-5-8/h1-5,7,20H,6H2. The van der Waals surface area contributed by atoms with Gasteiger partial charge in [0, 0.05) is 12.4 Å². The summed E-state index contributed by atoms with van der Waals surface area (Å²) in [6.45, 7) is 0.315. The van der Waals surface area contributed by atoms with Crippen LogP contribution in [0.3, 0.4) is 0 Å². The van der Waals surface area contributed by atoms with Crippen molar-refractivity contribution < 1.29 is 5.11 Å². The monoisotopic (exact) mass is 321 g/mol. The quantitative estimate of drug-likeness (QED) is 0.788. The van der Waals surface area contributed by atoms with Gasteiger partial charge in [-0.05, 0) is 17.7 Å². The summed E-state index contributed by atoms with van der Waals surface area (Å²) in [5.74, 6) is -0.248. The number of phenolic OH excluding ortho intramolecular Hbond substituents is 1. The lowest BCUT2D eigenvalue weighted by Crippen LogP contribution is -2.21. The van der Waals surface area contributed by atoms with E-state index in [9.17, 15) is 9.90 Å². The van der Waals surface area contributed by atoms with Crippen molar-refractivity contribution in [2.24, 2.45) is 0 Å². The Morgan fingerprint density at radius 2 is 2.10 bits per heavy atom. The van der Waals surface area contributed by atoms with E-state index >= 15 is 0 Å². The number of nitrogens with zero attached hydrogens (tertiary/aromatic N) is 3. The molecule has 0 spiro atoms. The Balaban J connectivity index is 2.19. The minimum Gasteiger partial charge on any atom is -0.504 e. The molecular formula is C14H9Cl2N3O2. The van der Waals surface area contributed by atoms with Gasteiger partial charge in [0.15, 0.2) is 5.75 Å². The third-order valence-corrected chi connectivity index (χ3v) is 3.64. The number of rotatable bonds is 2. The molecule has 0 aliphatic heterocycles. The van der Waals surface area contributed by atoms with Gasteiger partial charge in [-0.15, -0.1) is 0 Å². The predicted molar refractivity (Wildman–Crippen MR) is 81.0 cm³/mol. The summed E-state index contributed by atoms with van der Waals surface area (Å²) in [6, 6.07) is 4.97. The van der Waals surface area contributed by atoms with Crippen LogP contribution in [0.15, 0.2) is 41.7 Å². The fraction of sp³-hybridized carbons (Fsp3) is 0.0714. The Bertz CT molecular complexity index is 879. The maximum absolute atomic E-state index is 12.5. The van der Waals surface area contributed by atoms with Gasteiger partial charge < -0.3 is 5.11 Å². The third kappa shape index (κ3) is 2.46. The fourth-order valence-electron chi connectivity index (χ4n) is 2.05. The van der Waals surface area contributed by atoms with Gasteiger partial charge in [-0.25, -0.2) is 4.98 Å². The lowest BCUT2D eigenvalue weighted by atomic mass is 10.2. The van der Waals surface area contributed by atoms with Crippen LogP contribution < -0.4 is 5.56 Å². The van der Waals surface area contributed by atoms with E-state index in [1.807, 2.05) is 6.07 Å². The summed E-state index contributed by atoms with van der Waals surface area (Å²) in [4.78, 5) is 20.6. The van der Waals surface area contributed by atoms with Crippen molar-refractivity contribution in [1.29, 1.82) is 0 Å². The topological polar surface area (TPSA) is 68.0 Å². The first-order valence-corrected chi connectivity index (χ1v) is 6.78. The zero-order valence-corrected chi connectivity index (χ0v) is 12.1. The molecule has 2 heterocycles. The van der Waals surface area contributed by atoms with Crippen molar-refractivity contribution in [3.05, 3.63) is 62.9 Å². The Hall–Kier alpha value is -2.11. The Morgan fingerprint density at radius 1 is 1.29 bits per heavy atom. The van der Waals surface area contributed by atoms with Gasteiger partial charge in [0.1, 0.15) is 5.52 Å². The number of fused-ring (bicyclic) bond motifs is 1. The first kappa shape index (κ1) is 13.9. The van der Waals surface area contributed by atoms with Crippen molar-refractivity contribution in [2.75, 3.05) is 0 Å². The summed E-state index contributed by atoms with van der Waals surface area (Å²) >= 11 is 11.9. The highest BCUT2D eigenvalue weighted by molar-refractivity contribution is 6.39. The van der Waals surface area contributed by atoms with E-state index in [2.05, 4.69) is 9.97 Å². The number of aromatic nitrogens is 3. The summed E-state index contributed by atoms with van der Waals surface area (Å²) in [5.41, 5.74) is 0.607. The van der Waals surface area contributed by atoms with Gasteiger partial charge in [-0.3, -0.25) is 14.3 Å². The zero-order chi connectivity index (χ0) is 15.0. The van der Waals surface area contributed by atoms with Gasteiger partial charge in [0.25, 0.3) is 5.56 Å². The van der Waals surface area contributed by atoms with E-state index in [0.717, 1.165) is 5.56 Å². The summed E-state index contributed by atoms with van der Waals surface area (Å²) in [7, 11) is 0. The molecule has 106 valence electrons. The van der Waals surface area contributed by atoms with E-state index < -0.39 is 0 Å². The molecule has 0 unspecified atom stereocenters. The van der Waals surface area contributed by atoms with Gasteiger partial charge in [-0.2, -0.15) is 0 Å². The minimum absolute atomic E-state index is 0.0596. The molecule has 0 fully saturated rings. The number of pyridine rings is 1. The summed E-state index contributed by atoms with van der Waals surface area (Å²) < 4.78 is 1.40. The SMILES string of the molecule is O=c1c2c(Cl)cc(Cl)c(O)c2ncn1Cc1cccnc1. The van der Waals surface area contributed by atoms with Crippen molar-refractivity contribution in [3.8, 4) is 5.75 Å². The molecule has 1 N–H and O–H groups in total. The Labute approximate surface area is 129 Å². The molecule has 0 amide bonds. The minimum atomic E-state index is -0.346. The number of benzene rings is 1. The van der Waals surface area contributed by atoms with Gasteiger partial charge in [0.2, 0.25) is 0 Å². The zero-order valence-electron chi connectivity index (χ0n) is 10.6. The second kappa shape index (κ2) is 5.35. The highest BCUT2D eigenvalue weighted by Gasteiger charge is 2.15. The number of phenols is 1. The molecule has 0 saturated heterocycles. The predicted octanol–water partition coefficient (Wildman–Crippen LogP) is 2.85. The first-order valence-electron chi connectivity index (χ1n) is 6.03. The Kier molecular flexibility index (Phi) is 3.53. The van der Waals surface area contributed by atoms with Crippen LogP contribution in [0.1, 0.15) is 5.56 Å². The molecule has 0 aliphatic carbocycles. The van der Waals surface area contributed by atoms with Crippen LogP contribution in [-0.2, 0) is 6.54 Å². The van der Waals surface area contributed by atoms with Crippen molar-refractivity contribution >= 4 is 34.1 Å². The van der Waals surface area contributed by atoms with Crippen molar-refractivity contribution in [1.82, 2.24) is 14.5 Å². The molecule has 0 saturated carbocycles. The van der Waals surface area contributed by atoms with Crippen molar-refractivity contribution in [3.63, 3.8) is 0 Å². The molecule has 5 nitrogen and oxygen atoms in total. The lowest BCUT2D eigenvalue weighted by molar-refractivity contribution is 0.480. The summed E-state index contributed by atoms with van der Waals surface area (Å²) in [5, 5.41) is 10.2. The second-order valence-corrected chi connectivity index (χ2v) is 5.27. The van der Waals surface area contributed by atoms with Crippen LogP contribution >= 0.6 is 23.2 Å². The molecule has 0 radical (unpaired) electrons. The van der Waals surface area contributed by atoms with Crippen LogP contribution in [0, 0.1) is 0 Å². The van der Waals surface area contributed by atoms with Gasteiger partial charge >= 0.3 is 0 Å². The molecule has 0 aliphatic rings. The number of aromatic hydroxyl groups is 1. The third-order valence-electron chi connectivity index (χ3n) is 3.06. The first-order chi connectivity index (χ1) is 10.1. The van der Waals surface area contributed by atoms with Crippen LogP contribution in [0.5, 0.6) is 5.75 Å². The normalized spacial score (nSPS) is 11.0. The van der Waals surface area contributed by atoms with Crippen LogP contribution in [-0.4, -0.2) is 19.6 Å². The second-order valence-electron chi connectivity index (χ2n) is 4.45.